The molecule has 2 heteroatoms. The normalized spacial score (nSPS) is 28.9. The van der Waals surface area contributed by atoms with E-state index in [0.29, 0.717) is 0 Å². The lowest BCUT2D eigenvalue weighted by Gasteiger charge is -2.41. The molecule has 0 aliphatic carbocycles. The Morgan fingerprint density at radius 3 is 2.31 bits per heavy atom. The molecule has 0 radical (unpaired) electrons. The third kappa shape index (κ3) is 3.21. The lowest BCUT2D eigenvalue weighted by molar-refractivity contribution is 0.0694. The molecule has 2 aliphatic rings. The van der Waals surface area contributed by atoms with Crippen LogP contribution in [0.3, 0.4) is 0 Å². The van der Waals surface area contributed by atoms with Crippen molar-refractivity contribution >= 4 is 0 Å². The van der Waals surface area contributed by atoms with Gasteiger partial charge in [0.1, 0.15) is 0 Å². The lowest BCUT2D eigenvalue weighted by Crippen LogP contribution is -2.49. The van der Waals surface area contributed by atoms with Crippen LogP contribution in [0.1, 0.15) is 33.6 Å². The zero-order valence-corrected chi connectivity index (χ0v) is 11.3. The maximum Gasteiger partial charge on any atom is 0.00226 e. The Kier molecular flexibility index (Phi) is 4.26. The Hall–Kier alpha value is -0.0800. The largest absolute Gasteiger partial charge is 0.303 e. The van der Waals surface area contributed by atoms with Crippen molar-refractivity contribution < 1.29 is 0 Å². The average molecular weight is 224 g/mol. The van der Waals surface area contributed by atoms with Crippen LogP contribution in [0.5, 0.6) is 0 Å². The fraction of sp³-hybridized carbons (Fsp3) is 1.00. The Balaban J connectivity index is 1.59. The van der Waals surface area contributed by atoms with Crippen LogP contribution in [0.25, 0.3) is 0 Å². The van der Waals surface area contributed by atoms with Crippen molar-refractivity contribution in [2.75, 3.05) is 39.3 Å². The van der Waals surface area contributed by atoms with Crippen LogP contribution in [0.15, 0.2) is 0 Å². The molecule has 0 N–H and O–H groups in total. The number of nitrogens with zero attached hydrogens (tertiary/aromatic N) is 2. The summed E-state index contributed by atoms with van der Waals surface area (Å²) in [5.74, 6) is 2.85. The minimum atomic E-state index is 0.884. The Labute approximate surface area is 101 Å². The van der Waals surface area contributed by atoms with Crippen LogP contribution in [0.2, 0.25) is 0 Å². The third-order valence-electron chi connectivity index (χ3n) is 4.17. The molecule has 0 amide bonds. The van der Waals surface area contributed by atoms with E-state index in [-0.39, 0.29) is 0 Å². The van der Waals surface area contributed by atoms with E-state index in [9.17, 15) is 0 Å². The van der Waals surface area contributed by atoms with E-state index in [1.54, 1.807) is 0 Å². The molecule has 2 aliphatic heterocycles. The van der Waals surface area contributed by atoms with Gasteiger partial charge in [0.25, 0.3) is 0 Å². The molecule has 94 valence electrons. The molecule has 0 aromatic rings. The van der Waals surface area contributed by atoms with E-state index >= 15 is 0 Å². The predicted octanol–water partition coefficient (Wildman–Crippen LogP) is 2.31. The molecule has 16 heavy (non-hydrogen) atoms. The fourth-order valence-electron chi connectivity index (χ4n) is 3.36. The van der Waals surface area contributed by atoms with E-state index in [4.69, 9.17) is 0 Å². The Morgan fingerprint density at radius 2 is 1.75 bits per heavy atom. The van der Waals surface area contributed by atoms with Gasteiger partial charge in [0.15, 0.2) is 0 Å². The average Bonchev–Trinajstić information content (AvgIpc) is 2.61. The summed E-state index contributed by atoms with van der Waals surface area (Å²) in [4.78, 5) is 5.27. The van der Waals surface area contributed by atoms with E-state index in [1.165, 1.54) is 52.1 Å². The molecule has 0 aromatic heterocycles. The summed E-state index contributed by atoms with van der Waals surface area (Å²) < 4.78 is 0. The molecule has 2 rings (SSSR count). The zero-order valence-electron chi connectivity index (χ0n) is 11.3. The van der Waals surface area contributed by atoms with Gasteiger partial charge >= 0.3 is 0 Å². The van der Waals surface area contributed by atoms with Crippen molar-refractivity contribution in [3.63, 3.8) is 0 Å². The van der Waals surface area contributed by atoms with Crippen LogP contribution in [-0.2, 0) is 0 Å². The highest BCUT2D eigenvalue weighted by atomic mass is 15.2. The van der Waals surface area contributed by atoms with Crippen LogP contribution >= 0.6 is 0 Å². The minimum Gasteiger partial charge on any atom is -0.303 e. The van der Waals surface area contributed by atoms with Gasteiger partial charge in [-0.2, -0.15) is 0 Å². The second-order valence-corrected chi connectivity index (χ2v) is 6.26. The summed E-state index contributed by atoms with van der Waals surface area (Å²) in [5.41, 5.74) is 0. The summed E-state index contributed by atoms with van der Waals surface area (Å²) in [5, 5.41) is 0. The molecular weight excluding hydrogens is 196 g/mol. The molecule has 2 fully saturated rings. The molecule has 2 nitrogen and oxygen atoms in total. The molecule has 2 heterocycles. The van der Waals surface area contributed by atoms with Crippen molar-refractivity contribution in [3.8, 4) is 0 Å². The summed E-state index contributed by atoms with van der Waals surface area (Å²) in [6.45, 7) is 15.0. The van der Waals surface area contributed by atoms with E-state index in [0.717, 1.165) is 17.8 Å². The van der Waals surface area contributed by atoms with Crippen molar-refractivity contribution in [1.29, 1.82) is 0 Å². The number of likely N-dealkylation sites (tertiary alicyclic amines) is 2. The van der Waals surface area contributed by atoms with Crippen LogP contribution in [0.4, 0.5) is 0 Å². The summed E-state index contributed by atoms with van der Waals surface area (Å²) in [6.07, 6.45) is 2.86. The smallest absolute Gasteiger partial charge is 0.00226 e. The molecule has 1 unspecified atom stereocenters. The Morgan fingerprint density at radius 1 is 1.06 bits per heavy atom. The SMILES string of the molecule is CCN1CCC(CN2CC(CC(C)C)C2)C1. The second-order valence-electron chi connectivity index (χ2n) is 6.26. The zero-order chi connectivity index (χ0) is 11.5. The van der Waals surface area contributed by atoms with Gasteiger partial charge in [-0.1, -0.05) is 20.8 Å². The fourth-order valence-corrected chi connectivity index (χ4v) is 3.36. The van der Waals surface area contributed by atoms with Gasteiger partial charge in [-0.25, -0.2) is 0 Å². The minimum absolute atomic E-state index is 0.884. The summed E-state index contributed by atoms with van der Waals surface area (Å²) >= 11 is 0. The van der Waals surface area contributed by atoms with Gasteiger partial charge in [0.05, 0.1) is 0 Å². The van der Waals surface area contributed by atoms with E-state index < -0.39 is 0 Å². The monoisotopic (exact) mass is 224 g/mol. The molecule has 0 saturated carbocycles. The molecule has 0 aromatic carbocycles. The van der Waals surface area contributed by atoms with Crippen LogP contribution in [-0.4, -0.2) is 49.1 Å². The van der Waals surface area contributed by atoms with Crippen molar-refractivity contribution in [2.24, 2.45) is 17.8 Å². The van der Waals surface area contributed by atoms with Crippen molar-refractivity contribution in [1.82, 2.24) is 9.80 Å². The van der Waals surface area contributed by atoms with Crippen molar-refractivity contribution in [2.45, 2.75) is 33.6 Å². The first kappa shape index (κ1) is 12.4. The quantitative estimate of drug-likeness (QED) is 0.707. The van der Waals surface area contributed by atoms with E-state index in [2.05, 4.69) is 30.6 Å². The highest BCUT2D eigenvalue weighted by Gasteiger charge is 2.30. The maximum atomic E-state index is 2.68. The highest BCUT2D eigenvalue weighted by molar-refractivity contribution is 4.85. The highest BCUT2D eigenvalue weighted by Crippen LogP contribution is 2.26. The van der Waals surface area contributed by atoms with Crippen LogP contribution in [0, 0.1) is 17.8 Å². The summed E-state index contributed by atoms with van der Waals surface area (Å²) in [6, 6.07) is 0. The Bertz CT molecular complexity index is 209. The lowest BCUT2D eigenvalue weighted by atomic mass is 9.89. The van der Waals surface area contributed by atoms with Gasteiger partial charge in [-0.05, 0) is 43.7 Å². The first-order valence-electron chi connectivity index (χ1n) is 7.12. The summed E-state index contributed by atoms with van der Waals surface area (Å²) in [7, 11) is 0. The predicted molar refractivity (Wildman–Crippen MR) is 69.6 cm³/mol. The molecule has 0 spiro atoms. The number of hydrogen-bond donors (Lipinski definition) is 0. The molecule has 2 saturated heterocycles. The standard InChI is InChI=1S/C14H28N2/c1-4-15-6-5-13(8-15)9-16-10-14(11-16)7-12(2)3/h12-14H,4-11H2,1-3H3. The molecule has 1 atom stereocenters. The van der Waals surface area contributed by atoms with Gasteiger partial charge < -0.3 is 9.80 Å². The second kappa shape index (κ2) is 5.50. The first-order valence-corrected chi connectivity index (χ1v) is 7.12. The van der Waals surface area contributed by atoms with Gasteiger partial charge in [0, 0.05) is 26.2 Å². The van der Waals surface area contributed by atoms with Gasteiger partial charge in [0.2, 0.25) is 0 Å². The van der Waals surface area contributed by atoms with E-state index in [1.807, 2.05) is 0 Å². The molecule has 0 bridgehead atoms. The van der Waals surface area contributed by atoms with Gasteiger partial charge in [-0.3, -0.25) is 0 Å². The maximum absolute atomic E-state index is 2.68. The topological polar surface area (TPSA) is 6.48 Å². The van der Waals surface area contributed by atoms with Crippen LogP contribution < -0.4 is 0 Å². The number of hydrogen-bond acceptors (Lipinski definition) is 2. The third-order valence-corrected chi connectivity index (χ3v) is 4.17. The number of rotatable bonds is 5. The molecular formula is C14H28N2. The van der Waals surface area contributed by atoms with Crippen molar-refractivity contribution in [3.05, 3.63) is 0 Å². The first-order chi connectivity index (χ1) is 7.67. The van der Waals surface area contributed by atoms with Gasteiger partial charge in [-0.15, -0.1) is 0 Å².